The molecule has 0 fully saturated rings. The normalized spacial score (nSPS) is 13.1. The molecule has 2 aromatic carbocycles. The van der Waals surface area contributed by atoms with Crippen molar-refractivity contribution < 1.29 is 14.6 Å². The highest BCUT2D eigenvalue weighted by Crippen LogP contribution is 2.34. The summed E-state index contributed by atoms with van der Waals surface area (Å²) < 4.78 is 5.24. The van der Waals surface area contributed by atoms with E-state index in [1.807, 2.05) is 36.4 Å². The van der Waals surface area contributed by atoms with E-state index in [2.05, 4.69) is 22.3 Å². The molecule has 0 bridgehead atoms. The van der Waals surface area contributed by atoms with E-state index in [9.17, 15) is 4.79 Å². The van der Waals surface area contributed by atoms with Gasteiger partial charge in [0.15, 0.2) is 5.82 Å². The molecule has 3 rings (SSSR count). The van der Waals surface area contributed by atoms with Gasteiger partial charge in [-0.15, -0.1) is 10.2 Å². The second-order valence-corrected chi connectivity index (χ2v) is 7.62. The number of Topliss-reactive ketones (excluding diaryl/α,β-unsaturated/α-hetero) is 1. The highest BCUT2D eigenvalue weighted by molar-refractivity contribution is 6.30. The zero-order chi connectivity index (χ0) is 21.5. The van der Waals surface area contributed by atoms with Crippen molar-refractivity contribution in [2.24, 2.45) is 0 Å². The Hall–Kier alpha value is -2.77. The number of hydrogen-bond acceptors (Lipinski definition) is 6. The predicted octanol–water partition coefficient (Wildman–Crippen LogP) is 3.42. The van der Waals surface area contributed by atoms with Crippen molar-refractivity contribution >= 4 is 17.4 Å². The van der Waals surface area contributed by atoms with Crippen molar-refractivity contribution in [2.75, 3.05) is 13.7 Å². The highest BCUT2D eigenvalue weighted by Gasteiger charge is 2.28. The number of ketones is 1. The number of aliphatic hydroxyl groups excluding tert-OH is 1. The lowest BCUT2D eigenvalue weighted by atomic mass is 9.83. The molecular weight excluding hydrogens is 404 g/mol. The Morgan fingerprint density at radius 2 is 1.87 bits per heavy atom. The van der Waals surface area contributed by atoms with Gasteiger partial charge in [0, 0.05) is 23.8 Å². The first-order valence-corrected chi connectivity index (χ1v) is 10.2. The maximum atomic E-state index is 12.9. The standard InChI is InChI=1S/C22H25ClN4O3/c1-15(17-5-9-20(30-2)10-6-17)21(22-24-26-27(25-22)11-12-28)14-19(29)13-16-3-7-18(23)8-4-16/h3-10,15,21,28H,11-14H2,1-2H3/t15-,21-/m0/s1. The second-order valence-electron chi connectivity index (χ2n) is 7.18. The third-order valence-electron chi connectivity index (χ3n) is 5.11. The van der Waals surface area contributed by atoms with Crippen LogP contribution in [0.5, 0.6) is 5.75 Å². The number of carbonyl (C=O) groups is 1. The Balaban J connectivity index is 1.81. The quantitative estimate of drug-likeness (QED) is 0.532. The fourth-order valence-electron chi connectivity index (χ4n) is 3.37. The number of aromatic nitrogens is 4. The van der Waals surface area contributed by atoms with E-state index in [-0.39, 0.29) is 37.2 Å². The van der Waals surface area contributed by atoms with Crippen LogP contribution in [0.25, 0.3) is 0 Å². The molecule has 30 heavy (non-hydrogen) atoms. The van der Waals surface area contributed by atoms with Gasteiger partial charge in [-0.2, -0.15) is 4.80 Å². The molecule has 0 unspecified atom stereocenters. The van der Waals surface area contributed by atoms with E-state index < -0.39 is 0 Å². The number of rotatable bonds is 10. The van der Waals surface area contributed by atoms with Crippen molar-refractivity contribution in [3.8, 4) is 5.75 Å². The van der Waals surface area contributed by atoms with Gasteiger partial charge in [0.2, 0.25) is 0 Å². The third-order valence-corrected chi connectivity index (χ3v) is 5.36. The van der Waals surface area contributed by atoms with E-state index in [4.69, 9.17) is 21.4 Å². The van der Waals surface area contributed by atoms with Gasteiger partial charge in [-0.25, -0.2) is 0 Å². The van der Waals surface area contributed by atoms with Crippen LogP contribution in [0.4, 0.5) is 0 Å². The van der Waals surface area contributed by atoms with Crippen molar-refractivity contribution in [1.29, 1.82) is 0 Å². The summed E-state index contributed by atoms with van der Waals surface area (Å²) in [5.41, 5.74) is 1.97. The molecular formula is C22H25ClN4O3. The number of halogens is 1. The molecule has 0 aliphatic carbocycles. The van der Waals surface area contributed by atoms with Crippen LogP contribution >= 0.6 is 11.6 Å². The average Bonchev–Trinajstić information content (AvgIpc) is 3.22. The Kier molecular flexibility index (Phi) is 7.54. The molecule has 3 aromatic rings. The summed E-state index contributed by atoms with van der Waals surface area (Å²) in [6.07, 6.45) is 0.592. The molecule has 0 saturated heterocycles. The number of aliphatic hydroxyl groups is 1. The van der Waals surface area contributed by atoms with Crippen LogP contribution in [0, 0.1) is 0 Å². The lowest BCUT2D eigenvalue weighted by Gasteiger charge is -2.21. The van der Waals surface area contributed by atoms with Crippen LogP contribution in [0.15, 0.2) is 48.5 Å². The molecule has 1 aromatic heterocycles. The zero-order valence-corrected chi connectivity index (χ0v) is 17.8. The minimum atomic E-state index is -0.245. The average molecular weight is 429 g/mol. The van der Waals surface area contributed by atoms with Crippen molar-refractivity contribution in [3.05, 3.63) is 70.5 Å². The monoisotopic (exact) mass is 428 g/mol. The smallest absolute Gasteiger partial charge is 0.178 e. The molecule has 2 atom stereocenters. The van der Waals surface area contributed by atoms with Gasteiger partial charge >= 0.3 is 0 Å². The molecule has 1 N–H and O–H groups in total. The summed E-state index contributed by atoms with van der Waals surface area (Å²) in [5, 5.41) is 22.3. The highest BCUT2D eigenvalue weighted by atomic mass is 35.5. The number of methoxy groups -OCH3 is 1. The summed E-state index contributed by atoms with van der Waals surface area (Å²) in [7, 11) is 1.63. The molecule has 8 heteroatoms. The number of nitrogens with zero attached hydrogens (tertiary/aromatic N) is 4. The summed E-state index contributed by atoms with van der Waals surface area (Å²) in [4.78, 5) is 14.2. The van der Waals surface area contributed by atoms with Crippen molar-refractivity contribution in [1.82, 2.24) is 20.2 Å². The molecule has 0 amide bonds. The van der Waals surface area contributed by atoms with Crippen LogP contribution in [0.1, 0.15) is 42.1 Å². The lowest BCUT2D eigenvalue weighted by Crippen LogP contribution is -2.17. The molecule has 0 aliphatic rings. The van der Waals surface area contributed by atoms with Crippen molar-refractivity contribution in [3.63, 3.8) is 0 Å². The van der Waals surface area contributed by atoms with Crippen LogP contribution in [0.3, 0.4) is 0 Å². The molecule has 0 saturated carbocycles. The molecule has 0 spiro atoms. The Morgan fingerprint density at radius 1 is 1.17 bits per heavy atom. The van der Waals surface area contributed by atoms with Gasteiger partial charge in [0.25, 0.3) is 0 Å². The number of hydrogen-bond donors (Lipinski definition) is 1. The summed E-state index contributed by atoms with van der Waals surface area (Å²) in [5.74, 6) is 1.09. The van der Waals surface area contributed by atoms with Gasteiger partial charge in [0.05, 0.1) is 20.3 Å². The maximum absolute atomic E-state index is 12.9. The van der Waals surface area contributed by atoms with Crippen LogP contribution < -0.4 is 4.74 Å². The Morgan fingerprint density at radius 3 is 2.50 bits per heavy atom. The fourth-order valence-corrected chi connectivity index (χ4v) is 3.49. The lowest BCUT2D eigenvalue weighted by molar-refractivity contribution is -0.119. The zero-order valence-electron chi connectivity index (χ0n) is 17.0. The second kappa shape index (κ2) is 10.3. The topological polar surface area (TPSA) is 90.1 Å². The van der Waals surface area contributed by atoms with Gasteiger partial charge in [-0.3, -0.25) is 4.79 Å². The van der Waals surface area contributed by atoms with Gasteiger partial charge in [0.1, 0.15) is 11.5 Å². The Labute approximate surface area is 180 Å². The molecule has 158 valence electrons. The van der Waals surface area contributed by atoms with E-state index in [0.29, 0.717) is 17.3 Å². The number of carbonyl (C=O) groups excluding carboxylic acids is 1. The minimum absolute atomic E-state index is 0.0168. The van der Waals surface area contributed by atoms with Gasteiger partial charge in [-0.1, -0.05) is 42.8 Å². The van der Waals surface area contributed by atoms with Crippen LogP contribution in [0.2, 0.25) is 5.02 Å². The van der Waals surface area contributed by atoms with E-state index >= 15 is 0 Å². The number of ether oxygens (including phenoxy) is 1. The largest absolute Gasteiger partial charge is 0.497 e. The SMILES string of the molecule is COc1ccc([C@H](C)[C@H](CC(=O)Cc2ccc(Cl)cc2)c2nnn(CCO)n2)cc1. The molecule has 0 radical (unpaired) electrons. The minimum Gasteiger partial charge on any atom is -0.497 e. The summed E-state index contributed by atoms with van der Waals surface area (Å²) in [6, 6.07) is 15.0. The molecule has 7 nitrogen and oxygen atoms in total. The number of tetrazole rings is 1. The molecule has 1 heterocycles. The van der Waals surface area contributed by atoms with E-state index in [1.165, 1.54) is 4.80 Å². The van der Waals surface area contributed by atoms with Gasteiger partial charge < -0.3 is 9.84 Å². The first kappa shape index (κ1) is 21.9. The fraction of sp³-hybridized carbons (Fsp3) is 0.364. The third kappa shape index (κ3) is 5.64. The van der Waals surface area contributed by atoms with Crippen LogP contribution in [-0.2, 0) is 17.8 Å². The van der Waals surface area contributed by atoms with Gasteiger partial charge in [-0.05, 0) is 46.5 Å². The summed E-state index contributed by atoms with van der Waals surface area (Å²) in [6.45, 7) is 2.23. The van der Waals surface area contributed by atoms with Crippen molar-refractivity contribution in [2.45, 2.75) is 38.1 Å². The first-order chi connectivity index (χ1) is 14.5. The Bertz CT molecular complexity index is 957. The van der Waals surface area contributed by atoms with Crippen LogP contribution in [-0.4, -0.2) is 44.8 Å². The van der Waals surface area contributed by atoms with E-state index in [0.717, 1.165) is 16.9 Å². The predicted molar refractivity (Wildman–Crippen MR) is 114 cm³/mol. The molecule has 0 aliphatic heterocycles. The maximum Gasteiger partial charge on any atom is 0.178 e. The number of benzene rings is 2. The summed E-state index contributed by atoms with van der Waals surface area (Å²) >= 11 is 5.93. The first-order valence-electron chi connectivity index (χ1n) is 9.78. The van der Waals surface area contributed by atoms with E-state index in [1.54, 1.807) is 19.2 Å².